The molecule has 5 nitrogen and oxygen atoms in total. The van der Waals surface area contributed by atoms with Gasteiger partial charge in [-0.2, -0.15) is 9.97 Å². The molecule has 0 unspecified atom stereocenters. The van der Waals surface area contributed by atoms with Gasteiger partial charge in [0, 0.05) is 6.42 Å². The van der Waals surface area contributed by atoms with E-state index in [1.54, 1.807) is 0 Å². The van der Waals surface area contributed by atoms with Gasteiger partial charge < -0.3 is 11.5 Å². The van der Waals surface area contributed by atoms with Crippen molar-refractivity contribution in [2.24, 2.45) is 0 Å². The number of hydrogen-bond acceptors (Lipinski definition) is 5. The highest BCUT2D eigenvalue weighted by atomic mass is 35.5. The quantitative estimate of drug-likeness (QED) is 0.710. The summed E-state index contributed by atoms with van der Waals surface area (Å²) in [5, 5.41) is 1.13. The Morgan fingerprint density at radius 3 is 2.48 bits per heavy atom. The summed E-state index contributed by atoms with van der Waals surface area (Å²) >= 11 is 6.31. The standard InChI is InChI=1S/C15H14ClN5/c1-8-10(7-9-5-3-2-4-6-9)12(16)19-14-11(8)13(17)20-15(18)21-14/h2-6H,7H2,1H3,(H4,17,18,19,20,21). The fraction of sp³-hybridized carbons (Fsp3) is 0.133. The molecule has 21 heavy (non-hydrogen) atoms. The van der Waals surface area contributed by atoms with Crippen molar-refractivity contribution >= 4 is 34.4 Å². The Bertz CT molecular complexity index is 817. The Labute approximate surface area is 127 Å². The molecule has 0 amide bonds. The number of nitrogens with two attached hydrogens (primary N) is 2. The second kappa shape index (κ2) is 5.18. The van der Waals surface area contributed by atoms with E-state index in [1.165, 1.54) is 0 Å². The minimum absolute atomic E-state index is 0.0961. The molecule has 3 rings (SSSR count). The number of aromatic nitrogens is 3. The van der Waals surface area contributed by atoms with Crippen molar-refractivity contribution in [1.29, 1.82) is 0 Å². The molecule has 3 aromatic rings. The second-order valence-electron chi connectivity index (χ2n) is 4.83. The molecule has 0 aliphatic carbocycles. The first kappa shape index (κ1) is 13.6. The number of anilines is 2. The summed E-state index contributed by atoms with van der Waals surface area (Å²) in [7, 11) is 0. The van der Waals surface area contributed by atoms with Crippen LogP contribution in [0.5, 0.6) is 0 Å². The zero-order valence-corrected chi connectivity index (χ0v) is 12.2. The Kier molecular flexibility index (Phi) is 3.35. The van der Waals surface area contributed by atoms with Crippen LogP contribution in [0.4, 0.5) is 11.8 Å². The van der Waals surface area contributed by atoms with Crippen LogP contribution in [0.15, 0.2) is 30.3 Å². The van der Waals surface area contributed by atoms with Crippen LogP contribution in [0.2, 0.25) is 5.15 Å². The fourth-order valence-corrected chi connectivity index (χ4v) is 2.68. The van der Waals surface area contributed by atoms with Crippen LogP contribution in [-0.4, -0.2) is 15.0 Å². The maximum Gasteiger partial charge on any atom is 0.224 e. The Morgan fingerprint density at radius 2 is 1.76 bits per heavy atom. The zero-order chi connectivity index (χ0) is 15.0. The van der Waals surface area contributed by atoms with E-state index in [0.717, 1.165) is 16.7 Å². The molecular formula is C15H14ClN5. The lowest BCUT2D eigenvalue weighted by molar-refractivity contribution is 1.11. The molecule has 2 aromatic heterocycles. The largest absolute Gasteiger partial charge is 0.383 e. The van der Waals surface area contributed by atoms with E-state index in [9.17, 15) is 0 Å². The van der Waals surface area contributed by atoms with Crippen molar-refractivity contribution in [3.05, 3.63) is 52.2 Å². The molecule has 106 valence electrons. The Balaban J connectivity index is 2.20. The maximum atomic E-state index is 6.31. The highest BCUT2D eigenvalue weighted by molar-refractivity contribution is 6.30. The van der Waals surface area contributed by atoms with Gasteiger partial charge in [0.25, 0.3) is 0 Å². The first-order chi connectivity index (χ1) is 10.1. The van der Waals surface area contributed by atoms with Crippen LogP contribution in [0, 0.1) is 6.92 Å². The highest BCUT2D eigenvalue weighted by Crippen LogP contribution is 2.30. The van der Waals surface area contributed by atoms with Gasteiger partial charge in [-0.3, -0.25) is 0 Å². The van der Waals surface area contributed by atoms with Crippen molar-refractivity contribution in [2.45, 2.75) is 13.3 Å². The lowest BCUT2D eigenvalue weighted by atomic mass is 10.0. The predicted molar refractivity (Wildman–Crippen MR) is 85.2 cm³/mol. The minimum Gasteiger partial charge on any atom is -0.383 e. The molecule has 0 spiro atoms. The topological polar surface area (TPSA) is 90.7 Å². The average molecular weight is 300 g/mol. The third-order valence-electron chi connectivity index (χ3n) is 3.44. The van der Waals surface area contributed by atoms with Gasteiger partial charge in [-0.05, 0) is 23.6 Å². The van der Waals surface area contributed by atoms with Gasteiger partial charge in [-0.15, -0.1) is 0 Å². The molecule has 2 heterocycles. The molecule has 4 N–H and O–H groups in total. The van der Waals surface area contributed by atoms with E-state index >= 15 is 0 Å². The summed E-state index contributed by atoms with van der Waals surface area (Å²) < 4.78 is 0. The molecule has 0 bridgehead atoms. The van der Waals surface area contributed by atoms with Crippen molar-refractivity contribution in [1.82, 2.24) is 15.0 Å². The van der Waals surface area contributed by atoms with Gasteiger partial charge in [0.1, 0.15) is 11.0 Å². The van der Waals surface area contributed by atoms with Gasteiger partial charge in [-0.1, -0.05) is 41.9 Å². The van der Waals surface area contributed by atoms with Crippen LogP contribution in [0.25, 0.3) is 11.0 Å². The predicted octanol–water partition coefficient (Wildman–Crippen LogP) is 2.74. The molecule has 0 fully saturated rings. The van der Waals surface area contributed by atoms with Gasteiger partial charge >= 0.3 is 0 Å². The number of rotatable bonds is 2. The first-order valence-corrected chi connectivity index (χ1v) is 6.85. The number of pyridine rings is 1. The fourth-order valence-electron chi connectivity index (χ4n) is 2.40. The smallest absolute Gasteiger partial charge is 0.224 e. The summed E-state index contributed by atoms with van der Waals surface area (Å²) in [6.07, 6.45) is 0.679. The molecule has 6 heteroatoms. The summed E-state index contributed by atoms with van der Waals surface area (Å²) in [4.78, 5) is 12.4. The molecule has 0 saturated heterocycles. The SMILES string of the molecule is Cc1c(Cc2ccccc2)c(Cl)nc2nc(N)nc(N)c12. The molecule has 0 radical (unpaired) electrons. The van der Waals surface area contributed by atoms with E-state index < -0.39 is 0 Å². The monoisotopic (exact) mass is 299 g/mol. The minimum atomic E-state index is 0.0961. The van der Waals surface area contributed by atoms with Crippen molar-refractivity contribution in [3.63, 3.8) is 0 Å². The molecule has 0 aliphatic heterocycles. The summed E-state index contributed by atoms with van der Waals surface area (Å²) in [6, 6.07) is 10.0. The number of nitrogen functional groups attached to an aromatic ring is 2. The molecule has 0 saturated carbocycles. The molecular weight excluding hydrogens is 286 g/mol. The number of fused-ring (bicyclic) bond motifs is 1. The third-order valence-corrected chi connectivity index (χ3v) is 3.75. The Hall–Kier alpha value is -2.40. The van der Waals surface area contributed by atoms with Crippen LogP contribution in [0.1, 0.15) is 16.7 Å². The lowest BCUT2D eigenvalue weighted by Crippen LogP contribution is -2.05. The number of aryl methyl sites for hydroxylation is 1. The van der Waals surface area contributed by atoms with E-state index in [2.05, 4.69) is 15.0 Å². The summed E-state index contributed by atoms with van der Waals surface area (Å²) in [5.41, 5.74) is 15.0. The van der Waals surface area contributed by atoms with Crippen molar-refractivity contribution < 1.29 is 0 Å². The molecule has 1 aromatic carbocycles. The Morgan fingerprint density at radius 1 is 1.05 bits per heavy atom. The van der Waals surface area contributed by atoms with Crippen LogP contribution >= 0.6 is 11.6 Å². The van der Waals surface area contributed by atoms with E-state index in [4.69, 9.17) is 23.1 Å². The van der Waals surface area contributed by atoms with Crippen LogP contribution < -0.4 is 11.5 Å². The zero-order valence-electron chi connectivity index (χ0n) is 11.5. The van der Waals surface area contributed by atoms with Crippen LogP contribution in [0.3, 0.4) is 0 Å². The van der Waals surface area contributed by atoms with Crippen molar-refractivity contribution in [2.75, 3.05) is 11.5 Å². The highest BCUT2D eigenvalue weighted by Gasteiger charge is 2.15. The first-order valence-electron chi connectivity index (χ1n) is 6.48. The molecule has 0 atom stereocenters. The van der Waals surface area contributed by atoms with Gasteiger partial charge in [0.05, 0.1) is 5.39 Å². The van der Waals surface area contributed by atoms with E-state index in [0.29, 0.717) is 28.4 Å². The number of halogens is 1. The second-order valence-corrected chi connectivity index (χ2v) is 5.19. The van der Waals surface area contributed by atoms with Crippen molar-refractivity contribution in [3.8, 4) is 0 Å². The number of nitrogens with zero attached hydrogens (tertiary/aromatic N) is 3. The average Bonchev–Trinajstić information content (AvgIpc) is 2.43. The van der Waals surface area contributed by atoms with Gasteiger partial charge in [0.2, 0.25) is 5.95 Å². The summed E-state index contributed by atoms with van der Waals surface area (Å²) in [6.45, 7) is 1.95. The summed E-state index contributed by atoms with van der Waals surface area (Å²) in [5.74, 6) is 0.423. The van der Waals surface area contributed by atoms with Gasteiger partial charge in [0.15, 0.2) is 5.65 Å². The lowest BCUT2D eigenvalue weighted by Gasteiger charge is -2.12. The van der Waals surface area contributed by atoms with Crippen LogP contribution in [-0.2, 0) is 6.42 Å². The third kappa shape index (κ3) is 2.48. The van der Waals surface area contributed by atoms with Gasteiger partial charge in [-0.25, -0.2) is 4.98 Å². The number of hydrogen-bond donors (Lipinski definition) is 2. The molecule has 0 aliphatic rings. The number of benzene rings is 1. The van der Waals surface area contributed by atoms with E-state index in [1.807, 2.05) is 37.3 Å². The normalized spacial score (nSPS) is 11.0. The van der Waals surface area contributed by atoms with E-state index in [-0.39, 0.29) is 5.95 Å². The maximum absolute atomic E-state index is 6.31.